The van der Waals surface area contributed by atoms with E-state index in [0.717, 1.165) is 6.07 Å². The van der Waals surface area contributed by atoms with Crippen molar-refractivity contribution in [2.45, 2.75) is 19.0 Å². The van der Waals surface area contributed by atoms with Crippen molar-refractivity contribution in [1.82, 2.24) is 0 Å². The second-order valence-corrected chi connectivity index (χ2v) is 7.32. The second kappa shape index (κ2) is 5.40. The first-order valence-corrected chi connectivity index (χ1v) is 8.01. The molecule has 0 radical (unpaired) electrons. The highest BCUT2D eigenvalue weighted by Gasteiger charge is 2.34. The Bertz CT molecular complexity index is 664. The summed E-state index contributed by atoms with van der Waals surface area (Å²) in [5, 5.41) is 0. The van der Waals surface area contributed by atoms with Crippen LogP contribution in [0.3, 0.4) is 0 Å². The second-order valence-electron chi connectivity index (χ2n) is 5.09. The van der Waals surface area contributed by atoms with Crippen LogP contribution in [0.15, 0.2) is 18.2 Å². The molecule has 1 saturated heterocycles. The molecule has 0 spiro atoms. The summed E-state index contributed by atoms with van der Waals surface area (Å²) in [5.41, 5.74) is -1.60. The largest absolute Gasteiger partial charge is 0.419 e. The van der Waals surface area contributed by atoms with Crippen molar-refractivity contribution >= 4 is 15.6 Å². The highest BCUT2D eigenvalue weighted by Crippen LogP contribution is 2.32. The maximum Gasteiger partial charge on any atom is 0.419 e. The number of rotatable bonds is 3. The Balaban J connectivity index is 2.12. The van der Waals surface area contributed by atoms with Crippen molar-refractivity contribution in [1.29, 1.82) is 0 Å². The zero-order chi connectivity index (χ0) is 15.8. The van der Waals surface area contributed by atoms with Crippen LogP contribution in [0.2, 0.25) is 0 Å². The van der Waals surface area contributed by atoms with Gasteiger partial charge in [0.25, 0.3) is 0 Å². The third-order valence-electron chi connectivity index (χ3n) is 3.40. The zero-order valence-corrected chi connectivity index (χ0v) is 11.6. The molecule has 1 unspecified atom stereocenters. The first-order valence-electron chi connectivity index (χ1n) is 6.19. The monoisotopic (exact) mass is 324 g/mol. The molecule has 1 fully saturated rings. The minimum absolute atomic E-state index is 0.00627. The van der Waals surface area contributed by atoms with E-state index in [1.165, 1.54) is 0 Å². The first kappa shape index (κ1) is 15.9. The zero-order valence-electron chi connectivity index (χ0n) is 10.8. The molecule has 0 N–H and O–H groups in total. The Morgan fingerprint density at radius 1 is 1.29 bits per heavy atom. The number of benzene rings is 1. The molecule has 0 amide bonds. The van der Waals surface area contributed by atoms with Gasteiger partial charge in [0.05, 0.1) is 17.1 Å². The molecule has 1 aliphatic rings. The standard InChI is InChI=1S/C13H12F4O3S/c14-11-6-9(1-2-10(11)13(15,16)17)12(18)5-8-3-4-21(19,20)7-8/h1-2,6,8H,3-5,7H2. The Labute approximate surface area is 118 Å². The average molecular weight is 324 g/mol. The summed E-state index contributed by atoms with van der Waals surface area (Å²) in [6, 6.07) is 1.99. The summed E-state index contributed by atoms with van der Waals surface area (Å²) in [6.45, 7) is 0. The summed E-state index contributed by atoms with van der Waals surface area (Å²) in [5.74, 6) is -2.52. The van der Waals surface area contributed by atoms with Gasteiger partial charge in [0, 0.05) is 12.0 Å². The maximum absolute atomic E-state index is 13.4. The minimum atomic E-state index is -4.81. The number of ketones is 1. The van der Waals surface area contributed by atoms with Crippen LogP contribution in [0, 0.1) is 11.7 Å². The highest BCUT2D eigenvalue weighted by molar-refractivity contribution is 7.91. The van der Waals surface area contributed by atoms with Gasteiger partial charge < -0.3 is 0 Å². The van der Waals surface area contributed by atoms with Crippen LogP contribution in [0.25, 0.3) is 0 Å². The number of sulfone groups is 1. The third kappa shape index (κ3) is 3.81. The van der Waals surface area contributed by atoms with Gasteiger partial charge in [0.15, 0.2) is 15.6 Å². The lowest BCUT2D eigenvalue weighted by Gasteiger charge is -2.10. The van der Waals surface area contributed by atoms with Gasteiger partial charge >= 0.3 is 6.18 Å². The van der Waals surface area contributed by atoms with Gasteiger partial charge in [-0.25, -0.2) is 12.8 Å². The van der Waals surface area contributed by atoms with Crippen molar-refractivity contribution in [3.05, 3.63) is 35.1 Å². The molecular formula is C13H12F4O3S. The summed E-state index contributed by atoms with van der Waals surface area (Å²) in [7, 11) is -3.13. The molecule has 0 aliphatic carbocycles. The van der Waals surface area contributed by atoms with E-state index in [0.29, 0.717) is 18.6 Å². The van der Waals surface area contributed by atoms with Crippen molar-refractivity contribution in [2.75, 3.05) is 11.5 Å². The molecule has 116 valence electrons. The molecule has 0 bridgehead atoms. The third-order valence-corrected chi connectivity index (χ3v) is 5.23. The van der Waals surface area contributed by atoms with Crippen molar-refractivity contribution in [2.24, 2.45) is 5.92 Å². The van der Waals surface area contributed by atoms with Gasteiger partial charge in [-0.05, 0) is 24.5 Å². The summed E-state index contributed by atoms with van der Waals surface area (Å²) >= 11 is 0. The van der Waals surface area contributed by atoms with Crippen LogP contribution in [-0.2, 0) is 16.0 Å². The molecule has 0 aromatic heterocycles. The minimum Gasteiger partial charge on any atom is -0.294 e. The van der Waals surface area contributed by atoms with Crippen molar-refractivity contribution in [3.8, 4) is 0 Å². The number of carbonyl (C=O) groups is 1. The van der Waals surface area contributed by atoms with Crippen molar-refractivity contribution < 1.29 is 30.8 Å². The number of halogens is 4. The predicted molar refractivity (Wildman–Crippen MR) is 67.1 cm³/mol. The fraction of sp³-hybridized carbons (Fsp3) is 0.462. The van der Waals surface area contributed by atoms with Gasteiger partial charge in [-0.2, -0.15) is 13.2 Å². The molecule has 2 rings (SSSR count). The van der Waals surface area contributed by atoms with E-state index < -0.39 is 33.2 Å². The molecule has 21 heavy (non-hydrogen) atoms. The Morgan fingerprint density at radius 2 is 1.95 bits per heavy atom. The molecule has 1 aromatic rings. The molecule has 1 atom stereocenters. The van der Waals surface area contributed by atoms with E-state index in [9.17, 15) is 30.8 Å². The van der Waals surface area contributed by atoms with Gasteiger partial charge in [-0.1, -0.05) is 6.07 Å². The Kier molecular flexibility index (Phi) is 4.10. The number of hydrogen-bond donors (Lipinski definition) is 0. The van der Waals surface area contributed by atoms with Crippen molar-refractivity contribution in [3.63, 3.8) is 0 Å². The van der Waals surface area contributed by atoms with Crippen LogP contribution >= 0.6 is 0 Å². The normalized spacial score (nSPS) is 21.4. The lowest BCUT2D eigenvalue weighted by Crippen LogP contribution is -2.13. The van der Waals surface area contributed by atoms with Crippen LogP contribution in [0.4, 0.5) is 17.6 Å². The van der Waals surface area contributed by atoms with Gasteiger partial charge in [-0.3, -0.25) is 4.79 Å². The summed E-state index contributed by atoms with van der Waals surface area (Å²) in [6.07, 6.45) is -4.58. The average Bonchev–Trinajstić information content (AvgIpc) is 2.66. The topological polar surface area (TPSA) is 51.2 Å². The van der Waals surface area contributed by atoms with Crippen LogP contribution < -0.4 is 0 Å². The smallest absolute Gasteiger partial charge is 0.294 e. The highest BCUT2D eigenvalue weighted by atomic mass is 32.2. The van der Waals surface area contributed by atoms with E-state index in [1.54, 1.807) is 0 Å². The maximum atomic E-state index is 13.4. The molecule has 8 heteroatoms. The Hall–Kier alpha value is -1.44. The van der Waals surface area contributed by atoms with Crippen LogP contribution in [0.1, 0.15) is 28.8 Å². The van der Waals surface area contributed by atoms with Gasteiger partial charge in [0.2, 0.25) is 0 Å². The van der Waals surface area contributed by atoms with E-state index in [2.05, 4.69) is 0 Å². The number of alkyl halides is 3. The lowest BCUT2D eigenvalue weighted by atomic mass is 9.97. The molecule has 1 heterocycles. The number of carbonyl (C=O) groups excluding carboxylic acids is 1. The molecule has 1 aliphatic heterocycles. The predicted octanol–water partition coefficient (Wildman–Crippen LogP) is 2.85. The molecular weight excluding hydrogens is 312 g/mol. The Morgan fingerprint density at radius 3 is 2.43 bits per heavy atom. The van der Waals surface area contributed by atoms with Crippen LogP contribution in [0.5, 0.6) is 0 Å². The van der Waals surface area contributed by atoms with E-state index in [-0.39, 0.29) is 29.4 Å². The summed E-state index contributed by atoms with van der Waals surface area (Å²) < 4.78 is 73.1. The molecule has 1 aromatic carbocycles. The fourth-order valence-corrected chi connectivity index (χ4v) is 4.19. The lowest BCUT2D eigenvalue weighted by molar-refractivity contribution is -0.140. The van der Waals surface area contributed by atoms with E-state index >= 15 is 0 Å². The SMILES string of the molecule is O=C(CC1CCS(=O)(=O)C1)c1ccc(C(F)(F)F)c(F)c1. The molecule has 3 nitrogen and oxygen atoms in total. The first-order chi connectivity index (χ1) is 9.58. The van der Waals surface area contributed by atoms with E-state index in [1.807, 2.05) is 0 Å². The van der Waals surface area contributed by atoms with E-state index in [4.69, 9.17) is 0 Å². The quantitative estimate of drug-likeness (QED) is 0.634. The van der Waals surface area contributed by atoms with Gasteiger partial charge in [-0.15, -0.1) is 0 Å². The van der Waals surface area contributed by atoms with Crippen LogP contribution in [-0.4, -0.2) is 25.7 Å². The summed E-state index contributed by atoms with van der Waals surface area (Å²) in [4.78, 5) is 11.9. The van der Waals surface area contributed by atoms with Gasteiger partial charge in [0.1, 0.15) is 5.82 Å². The molecule has 0 saturated carbocycles. The fourth-order valence-electron chi connectivity index (χ4n) is 2.33. The number of Topliss-reactive ketones (excluding diaryl/α,β-unsaturated/α-hetero) is 1. The number of hydrogen-bond acceptors (Lipinski definition) is 3.